The molecule has 0 aliphatic carbocycles. The van der Waals surface area contributed by atoms with E-state index in [0.717, 1.165) is 11.2 Å². The lowest BCUT2D eigenvalue weighted by Crippen LogP contribution is -2.29. The van der Waals surface area contributed by atoms with Crippen molar-refractivity contribution in [3.63, 3.8) is 0 Å². The van der Waals surface area contributed by atoms with E-state index >= 15 is 0 Å². The van der Waals surface area contributed by atoms with Crippen molar-refractivity contribution in [2.75, 3.05) is 0 Å². The number of aldehydes is 1. The van der Waals surface area contributed by atoms with Crippen molar-refractivity contribution in [2.45, 2.75) is 46.0 Å². The monoisotopic (exact) mass is 251 g/mol. The molecule has 94 valence electrons. The third-order valence-electron chi connectivity index (χ3n) is 2.80. The van der Waals surface area contributed by atoms with Crippen LogP contribution in [0.25, 0.3) is 0 Å². The maximum absolute atomic E-state index is 10.5. The Labute approximate surface area is 108 Å². The molecular formula is C14H21NOS. The summed E-state index contributed by atoms with van der Waals surface area (Å²) in [6.45, 7) is 8.07. The standard InChI is InChI=1S/C12H15NOS.C2H6/c1-10(2)12(9-13,6-4-7-14)11-5-3-8-15-11;1-2/h3,5,7-8,10H,4,6H2,1-2H3;1-2H3. The van der Waals surface area contributed by atoms with Crippen LogP contribution in [-0.4, -0.2) is 6.29 Å². The van der Waals surface area contributed by atoms with Gasteiger partial charge in [-0.05, 0) is 23.8 Å². The molecule has 0 fully saturated rings. The second-order valence-electron chi connectivity index (χ2n) is 3.92. The van der Waals surface area contributed by atoms with Gasteiger partial charge in [-0.15, -0.1) is 11.3 Å². The van der Waals surface area contributed by atoms with Gasteiger partial charge < -0.3 is 4.79 Å². The van der Waals surface area contributed by atoms with Crippen LogP contribution in [0.3, 0.4) is 0 Å². The highest BCUT2D eigenvalue weighted by molar-refractivity contribution is 7.10. The molecule has 2 nitrogen and oxygen atoms in total. The van der Waals surface area contributed by atoms with Gasteiger partial charge in [-0.25, -0.2) is 0 Å². The van der Waals surface area contributed by atoms with Crippen molar-refractivity contribution in [3.05, 3.63) is 22.4 Å². The summed E-state index contributed by atoms with van der Waals surface area (Å²) >= 11 is 1.59. The lowest BCUT2D eigenvalue weighted by atomic mass is 9.74. The number of hydrogen-bond donors (Lipinski definition) is 0. The van der Waals surface area contributed by atoms with Crippen LogP contribution in [0.5, 0.6) is 0 Å². The molecule has 1 aromatic heterocycles. The minimum Gasteiger partial charge on any atom is -0.303 e. The van der Waals surface area contributed by atoms with E-state index in [1.165, 1.54) is 0 Å². The maximum Gasteiger partial charge on any atom is 0.120 e. The van der Waals surface area contributed by atoms with Crippen LogP contribution in [0.2, 0.25) is 0 Å². The van der Waals surface area contributed by atoms with Gasteiger partial charge in [0.15, 0.2) is 0 Å². The summed E-state index contributed by atoms with van der Waals surface area (Å²) in [5, 5.41) is 11.4. The summed E-state index contributed by atoms with van der Waals surface area (Å²) in [6.07, 6.45) is 1.96. The zero-order chi connectivity index (χ0) is 13.3. The fourth-order valence-electron chi connectivity index (χ4n) is 1.76. The van der Waals surface area contributed by atoms with Crippen molar-refractivity contribution in [1.82, 2.24) is 0 Å². The minimum absolute atomic E-state index is 0.223. The van der Waals surface area contributed by atoms with Gasteiger partial charge >= 0.3 is 0 Å². The van der Waals surface area contributed by atoms with E-state index in [2.05, 4.69) is 6.07 Å². The Balaban J connectivity index is 0.00000121. The molecule has 0 aliphatic rings. The summed E-state index contributed by atoms with van der Waals surface area (Å²) in [6, 6.07) is 6.34. The lowest BCUT2D eigenvalue weighted by molar-refractivity contribution is -0.108. The van der Waals surface area contributed by atoms with Crippen LogP contribution in [0, 0.1) is 17.2 Å². The molecule has 0 N–H and O–H groups in total. The van der Waals surface area contributed by atoms with Crippen LogP contribution in [0.4, 0.5) is 0 Å². The molecule has 0 amide bonds. The molecule has 1 rings (SSSR count). The second-order valence-corrected chi connectivity index (χ2v) is 4.87. The largest absolute Gasteiger partial charge is 0.303 e. The fourth-order valence-corrected chi connectivity index (χ4v) is 2.81. The van der Waals surface area contributed by atoms with Crippen LogP contribution in [0.15, 0.2) is 17.5 Å². The molecule has 1 aromatic rings. The average molecular weight is 251 g/mol. The molecule has 1 unspecified atom stereocenters. The Morgan fingerprint density at radius 3 is 2.53 bits per heavy atom. The Hall–Kier alpha value is -1.14. The molecule has 1 heterocycles. The average Bonchev–Trinajstić information content (AvgIpc) is 2.87. The number of hydrogen-bond acceptors (Lipinski definition) is 3. The highest BCUT2D eigenvalue weighted by atomic mass is 32.1. The Bertz CT molecular complexity index is 351. The second kappa shape index (κ2) is 8.03. The van der Waals surface area contributed by atoms with E-state index < -0.39 is 5.41 Å². The third-order valence-corrected chi connectivity index (χ3v) is 3.85. The van der Waals surface area contributed by atoms with Gasteiger partial charge in [-0.3, -0.25) is 0 Å². The van der Waals surface area contributed by atoms with Crippen molar-refractivity contribution >= 4 is 17.6 Å². The van der Waals surface area contributed by atoms with Crippen LogP contribution in [-0.2, 0) is 10.2 Å². The predicted molar refractivity (Wildman–Crippen MR) is 73.1 cm³/mol. The summed E-state index contributed by atoms with van der Waals surface area (Å²) in [4.78, 5) is 11.5. The molecular weight excluding hydrogens is 230 g/mol. The molecule has 0 spiro atoms. The van der Waals surface area contributed by atoms with E-state index in [0.29, 0.717) is 12.8 Å². The molecule has 0 saturated carbocycles. The molecule has 0 radical (unpaired) electrons. The molecule has 0 aromatic carbocycles. The number of thiophene rings is 1. The maximum atomic E-state index is 10.5. The van der Waals surface area contributed by atoms with E-state index in [9.17, 15) is 10.1 Å². The van der Waals surface area contributed by atoms with E-state index in [1.807, 2.05) is 45.2 Å². The van der Waals surface area contributed by atoms with Crippen molar-refractivity contribution in [3.8, 4) is 6.07 Å². The van der Waals surface area contributed by atoms with Gasteiger partial charge in [-0.1, -0.05) is 33.8 Å². The first-order chi connectivity index (χ1) is 8.17. The summed E-state index contributed by atoms with van der Waals surface area (Å²) in [5.74, 6) is 0.223. The number of nitriles is 1. The zero-order valence-electron chi connectivity index (χ0n) is 11.1. The minimum atomic E-state index is -0.491. The zero-order valence-corrected chi connectivity index (χ0v) is 11.9. The summed E-state index contributed by atoms with van der Waals surface area (Å²) < 4.78 is 0. The van der Waals surface area contributed by atoms with Crippen molar-refractivity contribution < 1.29 is 4.79 Å². The Kier molecular flexibility index (Phi) is 7.49. The SMILES string of the molecule is CC.CC(C)C(C#N)(CCC=O)c1cccs1. The molecule has 0 saturated heterocycles. The van der Waals surface area contributed by atoms with E-state index in [-0.39, 0.29) is 5.92 Å². The van der Waals surface area contributed by atoms with Crippen LogP contribution < -0.4 is 0 Å². The van der Waals surface area contributed by atoms with Crippen molar-refractivity contribution in [2.24, 2.45) is 5.92 Å². The third kappa shape index (κ3) is 3.67. The number of nitrogens with zero attached hydrogens (tertiary/aromatic N) is 1. The van der Waals surface area contributed by atoms with Gasteiger partial charge in [0.2, 0.25) is 0 Å². The molecule has 0 aliphatic heterocycles. The number of carbonyl (C=O) groups is 1. The Morgan fingerprint density at radius 1 is 1.53 bits per heavy atom. The molecule has 17 heavy (non-hydrogen) atoms. The van der Waals surface area contributed by atoms with Gasteiger partial charge in [0, 0.05) is 11.3 Å². The fraction of sp³-hybridized carbons (Fsp3) is 0.571. The highest BCUT2D eigenvalue weighted by Gasteiger charge is 2.36. The molecule has 1 atom stereocenters. The molecule has 3 heteroatoms. The predicted octanol–water partition coefficient (Wildman–Crippen LogP) is 4.17. The van der Waals surface area contributed by atoms with Crippen LogP contribution >= 0.6 is 11.3 Å². The first-order valence-corrected chi connectivity index (χ1v) is 6.94. The topological polar surface area (TPSA) is 40.9 Å². The van der Waals surface area contributed by atoms with Gasteiger partial charge in [0.25, 0.3) is 0 Å². The summed E-state index contributed by atoms with van der Waals surface area (Å²) in [7, 11) is 0. The van der Waals surface area contributed by atoms with Gasteiger partial charge in [0.05, 0.1) is 11.5 Å². The van der Waals surface area contributed by atoms with E-state index in [1.54, 1.807) is 11.3 Å². The lowest BCUT2D eigenvalue weighted by Gasteiger charge is -2.29. The Morgan fingerprint density at radius 2 is 2.18 bits per heavy atom. The molecule has 0 bridgehead atoms. The normalized spacial score (nSPS) is 13.2. The highest BCUT2D eigenvalue weighted by Crippen LogP contribution is 2.38. The first-order valence-electron chi connectivity index (χ1n) is 6.06. The number of carbonyl (C=O) groups excluding carboxylic acids is 1. The number of rotatable bonds is 5. The van der Waals surface area contributed by atoms with Crippen molar-refractivity contribution in [1.29, 1.82) is 5.26 Å². The smallest absolute Gasteiger partial charge is 0.120 e. The quantitative estimate of drug-likeness (QED) is 0.737. The van der Waals surface area contributed by atoms with Gasteiger partial charge in [0.1, 0.15) is 6.29 Å². The van der Waals surface area contributed by atoms with E-state index in [4.69, 9.17) is 0 Å². The first kappa shape index (κ1) is 15.9. The van der Waals surface area contributed by atoms with Crippen LogP contribution in [0.1, 0.15) is 45.4 Å². The van der Waals surface area contributed by atoms with Gasteiger partial charge in [-0.2, -0.15) is 5.26 Å². The summed E-state index contributed by atoms with van der Waals surface area (Å²) in [5.41, 5.74) is -0.491.